The Morgan fingerprint density at radius 3 is 2.61 bits per heavy atom. The van der Waals surface area contributed by atoms with Gasteiger partial charge in [0.25, 0.3) is 5.91 Å². The number of nitrogens with zero attached hydrogens (tertiary/aromatic N) is 3. The van der Waals surface area contributed by atoms with Crippen molar-refractivity contribution < 1.29 is 4.79 Å². The van der Waals surface area contributed by atoms with Gasteiger partial charge >= 0.3 is 0 Å². The lowest BCUT2D eigenvalue weighted by Crippen LogP contribution is -2.20. The Bertz CT molecular complexity index is 552. The number of carbonyl (C=O) groups excluding carboxylic acids is 1. The summed E-state index contributed by atoms with van der Waals surface area (Å²) in [6.45, 7) is 1.81. The molecule has 0 aromatic carbocycles. The summed E-state index contributed by atoms with van der Waals surface area (Å²) in [6, 6.07) is 8.79. The van der Waals surface area contributed by atoms with E-state index >= 15 is 0 Å². The second-order valence-electron chi connectivity index (χ2n) is 3.59. The van der Waals surface area contributed by atoms with Gasteiger partial charge in [0.1, 0.15) is 5.69 Å². The first-order valence-corrected chi connectivity index (χ1v) is 5.43. The Balaban J connectivity index is 2.05. The molecule has 18 heavy (non-hydrogen) atoms. The topological polar surface area (TPSA) is 67.2 Å². The van der Waals surface area contributed by atoms with Gasteiger partial charge < -0.3 is 0 Å². The zero-order chi connectivity index (χ0) is 12.8. The molecule has 1 amide bonds. The van der Waals surface area contributed by atoms with E-state index in [1.54, 1.807) is 36.8 Å². The van der Waals surface area contributed by atoms with E-state index in [9.17, 15) is 4.79 Å². The third-order valence-electron chi connectivity index (χ3n) is 2.32. The van der Waals surface area contributed by atoms with E-state index in [1.165, 1.54) is 0 Å². The Kier molecular flexibility index (Phi) is 3.76. The lowest BCUT2D eigenvalue weighted by Gasteiger charge is -2.01. The van der Waals surface area contributed by atoms with Gasteiger partial charge in [-0.15, -0.1) is 0 Å². The second-order valence-corrected chi connectivity index (χ2v) is 3.59. The van der Waals surface area contributed by atoms with Crippen molar-refractivity contribution in [3.05, 3.63) is 60.2 Å². The SMILES string of the molecule is C/C(=N\NC(=O)c1ccccn1)c1ccncc1. The number of hydrazone groups is 1. The highest BCUT2D eigenvalue weighted by atomic mass is 16.2. The third kappa shape index (κ3) is 2.98. The Morgan fingerprint density at radius 1 is 1.17 bits per heavy atom. The molecule has 5 heteroatoms. The largest absolute Gasteiger partial charge is 0.289 e. The monoisotopic (exact) mass is 240 g/mol. The van der Waals surface area contributed by atoms with E-state index in [0.29, 0.717) is 11.4 Å². The fourth-order valence-corrected chi connectivity index (χ4v) is 1.35. The van der Waals surface area contributed by atoms with Crippen LogP contribution in [0, 0.1) is 0 Å². The summed E-state index contributed by atoms with van der Waals surface area (Å²) >= 11 is 0. The molecule has 2 aromatic heterocycles. The lowest BCUT2D eigenvalue weighted by atomic mass is 10.2. The maximum Gasteiger partial charge on any atom is 0.289 e. The Hall–Kier alpha value is -2.56. The van der Waals surface area contributed by atoms with Crippen LogP contribution in [0.2, 0.25) is 0 Å². The van der Waals surface area contributed by atoms with Gasteiger partial charge in [0, 0.05) is 24.2 Å². The summed E-state index contributed by atoms with van der Waals surface area (Å²) in [6.07, 6.45) is 4.91. The summed E-state index contributed by atoms with van der Waals surface area (Å²) < 4.78 is 0. The first-order valence-electron chi connectivity index (χ1n) is 5.43. The Labute approximate surface area is 105 Å². The Morgan fingerprint density at radius 2 is 1.94 bits per heavy atom. The van der Waals surface area contributed by atoms with Gasteiger partial charge in [-0.1, -0.05) is 6.07 Å². The maximum absolute atomic E-state index is 11.7. The average Bonchev–Trinajstić information content (AvgIpc) is 2.46. The molecular weight excluding hydrogens is 228 g/mol. The predicted octanol–water partition coefficient (Wildman–Crippen LogP) is 1.63. The van der Waals surface area contributed by atoms with Crippen molar-refractivity contribution in [3.8, 4) is 0 Å². The summed E-state index contributed by atoms with van der Waals surface area (Å²) in [5, 5.41) is 4.02. The van der Waals surface area contributed by atoms with Crippen LogP contribution in [0.25, 0.3) is 0 Å². The van der Waals surface area contributed by atoms with Crippen molar-refractivity contribution in [3.63, 3.8) is 0 Å². The van der Waals surface area contributed by atoms with Crippen molar-refractivity contribution in [2.45, 2.75) is 6.92 Å². The fraction of sp³-hybridized carbons (Fsp3) is 0.0769. The number of carbonyl (C=O) groups is 1. The molecule has 2 rings (SSSR count). The zero-order valence-corrected chi connectivity index (χ0v) is 9.87. The molecule has 0 unspecified atom stereocenters. The maximum atomic E-state index is 11.7. The molecule has 5 nitrogen and oxygen atoms in total. The van der Waals surface area contributed by atoms with Crippen LogP contribution in [-0.4, -0.2) is 21.6 Å². The number of rotatable bonds is 3. The van der Waals surface area contributed by atoms with E-state index in [4.69, 9.17) is 0 Å². The molecule has 0 atom stereocenters. The van der Waals surface area contributed by atoms with E-state index < -0.39 is 0 Å². The van der Waals surface area contributed by atoms with Crippen LogP contribution in [-0.2, 0) is 0 Å². The number of hydrogen-bond donors (Lipinski definition) is 1. The lowest BCUT2D eigenvalue weighted by molar-refractivity contribution is 0.0950. The minimum atomic E-state index is -0.330. The molecule has 0 bridgehead atoms. The van der Waals surface area contributed by atoms with Gasteiger partial charge in [-0.2, -0.15) is 5.10 Å². The van der Waals surface area contributed by atoms with Crippen LogP contribution in [0.1, 0.15) is 23.0 Å². The molecule has 2 heterocycles. The van der Waals surface area contributed by atoms with Crippen molar-refractivity contribution in [2.75, 3.05) is 0 Å². The molecule has 90 valence electrons. The number of amides is 1. The van der Waals surface area contributed by atoms with Gasteiger partial charge in [-0.25, -0.2) is 5.43 Å². The van der Waals surface area contributed by atoms with Gasteiger partial charge in [-0.3, -0.25) is 14.8 Å². The van der Waals surface area contributed by atoms with E-state index in [1.807, 2.05) is 19.1 Å². The van der Waals surface area contributed by atoms with E-state index in [0.717, 1.165) is 5.56 Å². The summed E-state index contributed by atoms with van der Waals surface area (Å²) in [7, 11) is 0. The van der Waals surface area contributed by atoms with Crippen LogP contribution in [0.15, 0.2) is 54.0 Å². The highest BCUT2D eigenvalue weighted by molar-refractivity contribution is 6.00. The van der Waals surface area contributed by atoms with Crippen molar-refractivity contribution in [2.24, 2.45) is 5.10 Å². The minimum absolute atomic E-state index is 0.330. The standard InChI is InChI=1S/C13H12N4O/c1-10(11-5-8-14-9-6-11)16-17-13(18)12-4-2-3-7-15-12/h2-9H,1H3,(H,17,18)/b16-10+. The molecule has 0 fully saturated rings. The molecule has 0 saturated carbocycles. The summed E-state index contributed by atoms with van der Waals surface area (Å²) in [5.74, 6) is -0.330. The van der Waals surface area contributed by atoms with Crippen LogP contribution in [0.3, 0.4) is 0 Å². The van der Waals surface area contributed by atoms with Crippen molar-refractivity contribution in [1.82, 2.24) is 15.4 Å². The molecular formula is C13H12N4O. The van der Waals surface area contributed by atoms with E-state index in [2.05, 4.69) is 20.5 Å². The van der Waals surface area contributed by atoms with Gasteiger partial charge in [0.2, 0.25) is 0 Å². The highest BCUT2D eigenvalue weighted by Gasteiger charge is 2.04. The molecule has 0 aliphatic carbocycles. The minimum Gasteiger partial charge on any atom is -0.266 e. The first kappa shape index (κ1) is 11.9. The normalized spacial score (nSPS) is 11.1. The van der Waals surface area contributed by atoms with Crippen molar-refractivity contribution in [1.29, 1.82) is 0 Å². The van der Waals surface area contributed by atoms with Gasteiger partial charge in [-0.05, 0) is 31.2 Å². The van der Waals surface area contributed by atoms with Crippen LogP contribution in [0.4, 0.5) is 0 Å². The molecule has 0 aliphatic rings. The number of pyridine rings is 2. The number of nitrogens with one attached hydrogen (secondary N) is 1. The fourth-order valence-electron chi connectivity index (χ4n) is 1.35. The molecule has 0 aliphatic heterocycles. The molecule has 0 radical (unpaired) electrons. The average molecular weight is 240 g/mol. The highest BCUT2D eigenvalue weighted by Crippen LogP contribution is 1.98. The molecule has 1 N–H and O–H groups in total. The summed E-state index contributed by atoms with van der Waals surface area (Å²) in [5.41, 5.74) is 4.42. The van der Waals surface area contributed by atoms with Crippen LogP contribution in [0.5, 0.6) is 0 Å². The van der Waals surface area contributed by atoms with Gasteiger partial charge in [0.15, 0.2) is 0 Å². The smallest absolute Gasteiger partial charge is 0.266 e. The third-order valence-corrected chi connectivity index (χ3v) is 2.32. The number of aromatic nitrogens is 2. The van der Waals surface area contributed by atoms with E-state index in [-0.39, 0.29) is 5.91 Å². The molecule has 0 saturated heterocycles. The molecule has 2 aromatic rings. The first-order chi connectivity index (χ1) is 8.77. The quantitative estimate of drug-likeness (QED) is 0.655. The van der Waals surface area contributed by atoms with Crippen LogP contribution < -0.4 is 5.43 Å². The number of hydrogen-bond acceptors (Lipinski definition) is 4. The van der Waals surface area contributed by atoms with Gasteiger partial charge in [0.05, 0.1) is 5.71 Å². The summed E-state index contributed by atoms with van der Waals surface area (Å²) in [4.78, 5) is 19.5. The molecule has 0 spiro atoms. The second kappa shape index (κ2) is 5.67. The van der Waals surface area contributed by atoms with Crippen molar-refractivity contribution >= 4 is 11.6 Å². The zero-order valence-electron chi connectivity index (χ0n) is 9.87. The predicted molar refractivity (Wildman–Crippen MR) is 68.2 cm³/mol. The van der Waals surface area contributed by atoms with Crippen LogP contribution >= 0.6 is 0 Å².